The molecule has 3 aromatic rings. The first-order valence-electron chi connectivity index (χ1n) is 13.5. The Kier molecular flexibility index (Phi) is 7.41. The number of ether oxygens (including phenoxy) is 5. The third kappa shape index (κ3) is 5.45. The molecule has 0 radical (unpaired) electrons. The Morgan fingerprint density at radius 3 is 2.67 bits per heavy atom. The Morgan fingerprint density at radius 2 is 1.90 bits per heavy atom. The highest BCUT2D eigenvalue weighted by Gasteiger charge is 2.47. The van der Waals surface area contributed by atoms with E-state index in [-0.39, 0.29) is 18.3 Å². The second kappa shape index (κ2) is 11.3. The molecule has 6 rings (SSSR count). The normalized spacial score (nSPS) is 18.4. The third-order valence-electron chi connectivity index (χ3n) is 7.84. The number of rotatable bonds is 11. The standard InChI is InChI=1S/C31H35N3O5/c1-22(31(11-12-31)24-8-9-27-28(19-24)39-21-38-27)33-29-10-7-23(20-32-29)30(25-5-3-4-6-26(25)35-2)37-18-15-34-13-16-36-17-14-34/h3-10,19-20,30H,1,11-18,21H2,2H3,(H,32,33). The number of para-hydroxylation sites is 1. The van der Waals surface area contributed by atoms with E-state index in [9.17, 15) is 0 Å². The van der Waals surface area contributed by atoms with Gasteiger partial charge in [0.1, 0.15) is 17.7 Å². The minimum atomic E-state index is -0.296. The average Bonchev–Trinajstić information content (AvgIpc) is 3.67. The Labute approximate surface area is 229 Å². The van der Waals surface area contributed by atoms with Gasteiger partial charge in [-0.25, -0.2) is 4.98 Å². The molecule has 0 spiro atoms. The minimum Gasteiger partial charge on any atom is -0.496 e. The van der Waals surface area contributed by atoms with Gasteiger partial charge in [-0.05, 0) is 42.7 Å². The number of anilines is 1. The van der Waals surface area contributed by atoms with Gasteiger partial charge in [-0.15, -0.1) is 0 Å². The first-order valence-corrected chi connectivity index (χ1v) is 13.5. The van der Waals surface area contributed by atoms with E-state index in [1.807, 2.05) is 36.5 Å². The lowest BCUT2D eigenvalue weighted by Crippen LogP contribution is -2.38. The first kappa shape index (κ1) is 25.7. The summed E-state index contributed by atoms with van der Waals surface area (Å²) in [5, 5.41) is 3.46. The largest absolute Gasteiger partial charge is 0.496 e. The molecule has 1 aliphatic carbocycles. The van der Waals surface area contributed by atoms with E-state index in [0.717, 1.165) is 85.6 Å². The lowest BCUT2D eigenvalue weighted by molar-refractivity contribution is 0.00928. The molecular formula is C31H35N3O5. The number of pyridine rings is 1. The second-order valence-corrected chi connectivity index (χ2v) is 10.2. The van der Waals surface area contributed by atoms with Crippen LogP contribution in [0, 0.1) is 0 Å². The first-order chi connectivity index (χ1) is 19.2. The van der Waals surface area contributed by atoms with Crippen molar-refractivity contribution in [2.75, 3.05) is 58.7 Å². The maximum absolute atomic E-state index is 6.48. The quantitative estimate of drug-likeness (QED) is 0.376. The molecule has 1 atom stereocenters. The SMILES string of the molecule is C=C(Nc1ccc(C(OCCN2CCOCC2)c2ccccc2OC)cn1)C1(c2ccc3c(c2)OCO3)CC1. The number of hydrogen-bond donors (Lipinski definition) is 1. The number of fused-ring (bicyclic) bond motifs is 1. The van der Waals surface area contributed by atoms with Crippen LogP contribution in [0.4, 0.5) is 5.82 Å². The number of hydrogen-bond acceptors (Lipinski definition) is 8. The molecule has 39 heavy (non-hydrogen) atoms. The molecule has 0 amide bonds. The molecule has 3 aliphatic rings. The number of nitrogens with zero attached hydrogens (tertiary/aromatic N) is 2. The predicted molar refractivity (Wildman–Crippen MR) is 149 cm³/mol. The average molecular weight is 530 g/mol. The van der Waals surface area contributed by atoms with Gasteiger partial charge in [0.05, 0.1) is 26.9 Å². The van der Waals surface area contributed by atoms with E-state index in [4.69, 9.17) is 28.7 Å². The molecule has 8 heteroatoms. The molecule has 2 fully saturated rings. The van der Waals surface area contributed by atoms with Crippen LogP contribution >= 0.6 is 0 Å². The van der Waals surface area contributed by atoms with E-state index >= 15 is 0 Å². The number of aromatic nitrogens is 1. The molecule has 1 saturated heterocycles. The molecule has 2 aromatic carbocycles. The molecule has 1 aromatic heterocycles. The van der Waals surface area contributed by atoms with Crippen LogP contribution in [0.2, 0.25) is 0 Å². The number of morpholine rings is 1. The van der Waals surface area contributed by atoms with E-state index in [1.165, 1.54) is 5.56 Å². The Hall–Kier alpha value is -3.59. The van der Waals surface area contributed by atoms with Crippen molar-refractivity contribution in [2.24, 2.45) is 0 Å². The van der Waals surface area contributed by atoms with E-state index in [0.29, 0.717) is 6.61 Å². The fraction of sp³-hybridized carbons (Fsp3) is 0.387. The van der Waals surface area contributed by atoms with Crippen molar-refractivity contribution in [3.8, 4) is 17.2 Å². The molecule has 1 saturated carbocycles. The van der Waals surface area contributed by atoms with Crippen LogP contribution in [0.3, 0.4) is 0 Å². The van der Waals surface area contributed by atoms with Crippen molar-refractivity contribution in [3.05, 3.63) is 89.8 Å². The lowest BCUT2D eigenvalue weighted by Gasteiger charge is -2.28. The number of methoxy groups -OCH3 is 1. The number of allylic oxidation sites excluding steroid dienone is 1. The van der Waals surface area contributed by atoms with Crippen LogP contribution in [-0.2, 0) is 14.9 Å². The van der Waals surface area contributed by atoms with Crippen LogP contribution in [0.5, 0.6) is 17.2 Å². The topological polar surface area (TPSA) is 74.3 Å². The summed E-state index contributed by atoms with van der Waals surface area (Å²) in [6.07, 6.45) is 3.64. The van der Waals surface area contributed by atoms with Gasteiger partial charge in [0.2, 0.25) is 6.79 Å². The van der Waals surface area contributed by atoms with Gasteiger partial charge < -0.3 is 29.0 Å². The summed E-state index contributed by atoms with van der Waals surface area (Å²) in [6, 6.07) is 18.2. The van der Waals surface area contributed by atoms with Gasteiger partial charge in [0, 0.05) is 48.1 Å². The summed E-state index contributed by atoms with van der Waals surface area (Å²) < 4.78 is 28.7. The van der Waals surface area contributed by atoms with Gasteiger partial charge in [0.15, 0.2) is 11.5 Å². The Morgan fingerprint density at radius 1 is 1.08 bits per heavy atom. The van der Waals surface area contributed by atoms with E-state index in [1.54, 1.807) is 7.11 Å². The molecule has 2 aliphatic heterocycles. The van der Waals surface area contributed by atoms with Gasteiger partial charge in [-0.3, -0.25) is 4.90 Å². The van der Waals surface area contributed by atoms with Gasteiger partial charge in [-0.2, -0.15) is 0 Å². The van der Waals surface area contributed by atoms with Gasteiger partial charge in [-0.1, -0.05) is 36.9 Å². The number of benzene rings is 2. The van der Waals surface area contributed by atoms with Crippen LogP contribution < -0.4 is 19.5 Å². The number of nitrogens with one attached hydrogen (secondary N) is 1. The van der Waals surface area contributed by atoms with Crippen molar-refractivity contribution in [1.29, 1.82) is 0 Å². The van der Waals surface area contributed by atoms with Crippen LogP contribution in [0.1, 0.15) is 35.6 Å². The van der Waals surface area contributed by atoms with Crippen molar-refractivity contribution < 1.29 is 23.7 Å². The Balaban J connectivity index is 1.16. The van der Waals surface area contributed by atoms with Crippen molar-refractivity contribution in [2.45, 2.75) is 24.4 Å². The van der Waals surface area contributed by atoms with Crippen LogP contribution in [-0.4, -0.2) is 63.2 Å². The zero-order chi connectivity index (χ0) is 26.7. The summed E-state index contributed by atoms with van der Waals surface area (Å²) in [6.45, 7) is 9.52. The van der Waals surface area contributed by atoms with E-state index in [2.05, 4.69) is 41.1 Å². The molecule has 0 bridgehead atoms. The third-order valence-corrected chi connectivity index (χ3v) is 7.84. The zero-order valence-corrected chi connectivity index (χ0v) is 22.4. The predicted octanol–water partition coefficient (Wildman–Crippen LogP) is 4.91. The monoisotopic (exact) mass is 529 g/mol. The molecule has 3 heterocycles. The van der Waals surface area contributed by atoms with Gasteiger partial charge >= 0.3 is 0 Å². The van der Waals surface area contributed by atoms with Crippen molar-refractivity contribution >= 4 is 5.82 Å². The van der Waals surface area contributed by atoms with E-state index < -0.39 is 0 Å². The van der Waals surface area contributed by atoms with Gasteiger partial charge in [0.25, 0.3) is 0 Å². The molecule has 1 unspecified atom stereocenters. The zero-order valence-electron chi connectivity index (χ0n) is 22.4. The summed E-state index contributed by atoms with van der Waals surface area (Å²) in [7, 11) is 1.69. The summed E-state index contributed by atoms with van der Waals surface area (Å²) in [5.41, 5.74) is 3.95. The highest BCUT2D eigenvalue weighted by molar-refractivity contribution is 5.55. The molecule has 204 valence electrons. The minimum absolute atomic E-state index is 0.121. The smallest absolute Gasteiger partial charge is 0.231 e. The van der Waals surface area contributed by atoms with Crippen molar-refractivity contribution in [3.63, 3.8) is 0 Å². The van der Waals surface area contributed by atoms with Crippen LogP contribution in [0.15, 0.2) is 73.1 Å². The maximum atomic E-state index is 6.48. The molecular weight excluding hydrogens is 494 g/mol. The highest BCUT2D eigenvalue weighted by Crippen LogP contribution is 2.54. The fourth-order valence-electron chi connectivity index (χ4n) is 5.37. The summed E-state index contributed by atoms with van der Waals surface area (Å²) in [4.78, 5) is 7.12. The summed E-state index contributed by atoms with van der Waals surface area (Å²) in [5.74, 6) is 3.14. The highest BCUT2D eigenvalue weighted by atomic mass is 16.7. The molecule has 1 N–H and O–H groups in total. The fourth-order valence-corrected chi connectivity index (χ4v) is 5.37. The van der Waals surface area contributed by atoms with Crippen molar-refractivity contribution in [1.82, 2.24) is 9.88 Å². The summed E-state index contributed by atoms with van der Waals surface area (Å²) >= 11 is 0. The maximum Gasteiger partial charge on any atom is 0.231 e. The lowest BCUT2D eigenvalue weighted by atomic mass is 9.92. The Bertz CT molecular complexity index is 1300. The second-order valence-electron chi connectivity index (χ2n) is 10.2. The van der Waals surface area contributed by atoms with Crippen LogP contribution in [0.25, 0.3) is 0 Å². The molecule has 8 nitrogen and oxygen atoms in total.